The molecule has 0 N–H and O–H groups in total. The maximum Gasteiger partial charge on any atom is 0.437 e. The summed E-state index contributed by atoms with van der Waals surface area (Å²) in [5.41, 5.74) is -4.09. The van der Waals surface area contributed by atoms with Crippen molar-refractivity contribution in [2.24, 2.45) is 10.3 Å². The van der Waals surface area contributed by atoms with Gasteiger partial charge < -0.3 is 9.47 Å². The van der Waals surface area contributed by atoms with E-state index in [2.05, 4.69) is 18.9 Å². The molecule has 0 saturated heterocycles. The molecule has 0 fully saturated rings. The lowest BCUT2D eigenvalue weighted by Gasteiger charge is -2.17. The van der Waals surface area contributed by atoms with Crippen molar-refractivity contribution in [1.29, 1.82) is 0 Å². The lowest BCUT2D eigenvalue weighted by atomic mass is 10.1. The molecule has 0 aromatic heterocycles. The molecule has 240 valence electrons. The summed E-state index contributed by atoms with van der Waals surface area (Å²) in [6, 6.07) is 8.73. The zero-order valence-corrected chi connectivity index (χ0v) is 24.6. The third-order valence-electron chi connectivity index (χ3n) is 5.01. The van der Waals surface area contributed by atoms with Crippen LogP contribution in [0.4, 0.5) is 26.3 Å². The van der Waals surface area contributed by atoms with Gasteiger partial charge in [-0.1, -0.05) is 24.2 Å². The van der Waals surface area contributed by atoms with E-state index >= 15 is 0 Å². The second-order valence-electron chi connectivity index (χ2n) is 8.84. The molecule has 0 spiro atoms. The molecular weight excluding hydrogens is 634 g/mol. The van der Waals surface area contributed by atoms with Crippen molar-refractivity contribution in [3.8, 4) is 11.5 Å². The third-order valence-corrected chi connectivity index (χ3v) is 7.43. The summed E-state index contributed by atoms with van der Waals surface area (Å²) >= 11 is 0. The van der Waals surface area contributed by atoms with E-state index in [0.29, 0.717) is 0 Å². The van der Waals surface area contributed by atoms with Crippen molar-refractivity contribution >= 4 is 31.7 Å². The number of hydrogen-bond acceptors (Lipinski definition) is 10. The summed E-state index contributed by atoms with van der Waals surface area (Å²) < 4.78 is 146. The smallest absolute Gasteiger partial charge is 0.437 e. The maximum atomic E-state index is 13.4. The third kappa shape index (κ3) is 11.9. The summed E-state index contributed by atoms with van der Waals surface area (Å²) in [5, 5.41) is 5.61. The molecule has 43 heavy (non-hydrogen) atoms. The molecular formula is C25H28F6N2O8S2. The molecule has 0 heterocycles. The second kappa shape index (κ2) is 14.8. The van der Waals surface area contributed by atoms with E-state index in [9.17, 15) is 43.2 Å². The Morgan fingerprint density at radius 2 is 1.07 bits per heavy atom. The van der Waals surface area contributed by atoms with E-state index in [4.69, 9.17) is 9.47 Å². The Labute approximate surface area is 244 Å². The zero-order valence-electron chi connectivity index (χ0n) is 23.0. The van der Waals surface area contributed by atoms with Gasteiger partial charge in [0.15, 0.2) is 11.4 Å². The normalized spacial score (nSPS) is 14.3. The Morgan fingerprint density at radius 1 is 0.698 bits per heavy atom. The molecule has 0 saturated carbocycles. The van der Waals surface area contributed by atoms with Gasteiger partial charge in [0.25, 0.3) is 0 Å². The van der Waals surface area contributed by atoms with Crippen LogP contribution in [0.2, 0.25) is 0 Å². The van der Waals surface area contributed by atoms with Gasteiger partial charge in [0.05, 0.1) is 11.5 Å². The topological polar surface area (TPSA) is 130 Å². The van der Waals surface area contributed by atoms with Crippen LogP contribution in [-0.4, -0.2) is 64.8 Å². The van der Waals surface area contributed by atoms with Gasteiger partial charge in [-0.3, -0.25) is 8.57 Å². The molecule has 1 unspecified atom stereocenters. The molecule has 2 aromatic carbocycles. The van der Waals surface area contributed by atoms with E-state index in [0.717, 1.165) is 24.3 Å². The molecule has 0 radical (unpaired) electrons. The van der Waals surface area contributed by atoms with E-state index in [1.54, 1.807) is 6.92 Å². The van der Waals surface area contributed by atoms with Crippen LogP contribution in [0.5, 0.6) is 11.5 Å². The number of benzene rings is 2. The van der Waals surface area contributed by atoms with Crippen molar-refractivity contribution in [2.75, 3.05) is 18.1 Å². The number of alkyl halides is 6. The Balaban J connectivity index is 2.06. The lowest BCUT2D eigenvalue weighted by molar-refractivity contribution is -0.0606. The van der Waals surface area contributed by atoms with Gasteiger partial charge in [-0.05, 0) is 68.3 Å². The van der Waals surface area contributed by atoms with Crippen molar-refractivity contribution < 1.29 is 61.2 Å². The Morgan fingerprint density at radius 3 is 1.42 bits per heavy atom. The first-order valence-electron chi connectivity index (χ1n) is 12.5. The number of ether oxygens (including phenoxy) is 2. The minimum absolute atomic E-state index is 0.120. The Hall–Kier alpha value is -3.54. The van der Waals surface area contributed by atoms with Crippen LogP contribution in [0, 0.1) is 0 Å². The monoisotopic (exact) mass is 662 g/mol. The summed E-state index contributed by atoms with van der Waals surface area (Å²) in [5.74, 6) is -0.774. The van der Waals surface area contributed by atoms with Crippen molar-refractivity contribution in [2.45, 2.75) is 52.1 Å². The fraction of sp³-hybridized carbons (Fsp3) is 0.440. The highest BCUT2D eigenvalue weighted by molar-refractivity contribution is 7.86. The summed E-state index contributed by atoms with van der Waals surface area (Å²) in [6.07, 6.45) is -10.5. The van der Waals surface area contributed by atoms with E-state index in [-0.39, 0.29) is 30.9 Å². The van der Waals surface area contributed by atoms with E-state index < -0.39 is 72.7 Å². The maximum absolute atomic E-state index is 13.4. The van der Waals surface area contributed by atoms with Gasteiger partial charge in [-0.25, -0.2) is 0 Å². The predicted molar refractivity (Wildman–Crippen MR) is 144 cm³/mol. The van der Waals surface area contributed by atoms with Gasteiger partial charge in [0.1, 0.15) is 24.2 Å². The highest BCUT2D eigenvalue weighted by atomic mass is 32.2. The fourth-order valence-corrected chi connectivity index (χ4v) is 4.70. The van der Waals surface area contributed by atoms with Crippen molar-refractivity contribution in [3.05, 3.63) is 59.7 Å². The number of hydrogen-bond donors (Lipinski definition) is 0. The molecule has 1 atom stereocenters. The van der Waals surface area contributed by atoms with Gasteiger partial charge in [-0.2, -0.15) is 43.2 Å². The van der Waals surface area contributed by atoms with Crippen LogP contribution in [0.15, 0.2) is 58.8 Å². The molecule has 0 aliphatic heterocycles. The minimum atomic E-state index is -5.02. The van der Waals surface area contributed by atoms with E-state index in [1.165, 1.54) is 38.1 Å². The Kier molecular flexibility index (Phi) is 12.2. The lowest BCUT2D eigenvalue weighted by Crippen LogP contribution is -2.25. The predicted octanol–water partition coefficient (Wildman–Crippen LogP) is 5.58. The van der Waals surface area contributed by atoms with Gasteiger partial charge in [0, 0.05) is 11.1 Å². The fourth-order valence-electron chi connectivity index (χ4n) is 3.18. The Bertz CT molecular complexity index is 1470. The van der Waals surface area contributed by atoms with Crippen LogP contribution in [-0.2, 0) is 28.8 Å². The SMILES string of the molecule is CCCS(=O)(=O)O/N=C(/c1ccc(OCC(C)Oc2ccc(/C(=N/OS(=O)(=O)CCC)C(F)(F)F)cc2)cc1)C(F)(F)F. The summed E-state index contributed by atoms with van der Waals surface area (Å²) in [4.78, 5) is 0. The summed E-state index contributed by atoms with van der Waals surface area (Å²) in [6.45, 7) is 4.43. The van der Waals surface area contributed by atoms with Crippen LogP contribution in [0.1, 0.15) is 44.7 Å². The minimum Gasteiger partial charge on any atom is -0.490 e. The molecule has 18 heteroatoms. The molecule has 2 aromatic rings. The molecule has 0 bridgehead atoms. The van der Waals surface area contributed by atoms with Crippen LogP contribution < -0.4 is 9.47 Å². The first kappa shape index (κ1) is 35.7. The number of oxime groups is 2. The van der Waals surface area contributed by atoms with Crippen LogP contribution >= 0.6 is 0 Å². The van der Waals surface area contributed by atoms with Crippen molar-refractivity contribution in [1.82, 2.24) is 0 Å². The first-order valence-corrected chi connectivity index (χ1v) is 15.7. The number of rotatable bonds is 15. The largest absolute Gasteiger partial charge is 0.490 e. The molecule has 10 nitrogen and oxygen atoms in total. The number of nitrogens with zero attached hydrogens (tertiary/aromatic N) is 2. The molecule has 2 rings (SSSR count). The highest BCUT2D eigenvalue weighted by Crippen LogP contribution is 2.27. The molecule has 0 aliphatic rings. The standard InChI is InChI=1S/C25H28F6N2O8S2/c1-4-14-42(34,35)40-32-22(24(26,27)28)18-6-10-20(11-7-18)38-16-17(3)39-21-12-8-19(9-13-21)23(25(29,30)31)33-41-43(36,37)15-5-2/h6-13,17H,4-5,14-16H2,1-3H3/b32-22-,33-23-. The van der Waals surface area contributed by atoms with Gasteiger partial charge in [0.2, 0.25) is 0 Å². The number of halogens is 6. The molecule has 0 aliphatic carbocycles. The second-order valence-corrected chi connectivity index (χ2v) is 12.2. The average molecular weight is 663 g/mol. The zero-order chi connectivity index (χ0) is 32.5. The molecule has 0 amide bonds. The average Bonchev–Trinajstić information content (AvgIpc) is 2.87. The highest BCUT2D eigenvalue weighted by Gasteiger charge is 2.39. The van der Waals surface area contributed by atoms with Crippen molar-refractivity contribution in [3.63, 3.8) is 0 Å². The first-order chi connectivity index (χ1) is 19.9. The summed E-state index contributed by atoms with van der Waals surface area (Å²) in [7, 11) is -8.56. The van der Waals surface area contributed by atoms with Gasteiger partial charge >= 0.3 is 32.6 Å². The van der Waals surface area contributed by atoms with Crippen LogP contribution in [0.3, 0.4) is 0 Å². The quantitative estimate of drug-likeness (QED) is 0.137. The van der Waals surface area contributed by atoms with Crippen LogP contribution in [0.25, 0.3) is 0 Å². The van der Waals surface area contributed by atoms with Gasteiger partial charge in [-0.15, -0.1) is 0 Å². The van der Waals surface area contributed by atoms with E-state index in [1.807, 2.05) is 0 Å².